The third kappa shape index (κ3) is 6.19. The molecule has 8 N–H and O–H groups in total. The van der Waals surface area contributed by atoms with Crippen molar-refractivity contribution in [2.75, 3.05) is 25.1 Å². The molecule has 12 heteroatoms. The molecule has 3 rings (SSSR count). The summed E-state index contributed by atoms with van der Waals surface area (Å²) in [4.78, 5) is 47.6. The van der Waals surface area contributed by atoms with E-state index in [0.717, 1.165) is 23.1 Å². The summed E-state index contributed by atoms with van der Waals surface area (Å²) in [6, 6.07) is 5.53. The number of carbonyl (C=O) groups excluding carboxylic acids is 1. The molecule has 0 aliphatic rings. The number of aromatic nitrogens is 3. The Kier molecular flexibility index (Phi) is 7.64. The van der Waals surface area contributed by atoms with Gasteiger partial charge >= 0.3 is 11.9 Å². The van der Waals surface area contributed by atoms with E-state index in [1.807, 2.05) is 13.2 Å². The van der Waals surface area contributed by atoms with Gasteiger partial charge in [0.25, 0.3) is 5.91 Å². The number of nitrogens with zero attached hydrogens (tertiary/aromatic N) is 3. The van der Waals surface area contributed by atoms with Crippen molar-refractivity contribution in [1.82, 2.24) is 25.2 Å². The maximum absolute atomic E-state index is 12.4. The molecule has 1 amide bonds. The highest BCUT2D eigenvalue weighted by molar-refractivity contribution is 5.96. The van der Waals surface area contributed by atoms with Crippen molar-refractivity contribution in [3.63, 3.8) is 0 Å². The van der Waals surface area contributed by atoms with Crippen LogP contribution in [0, 0.1) is 0 Å². The molecule has 0 radical (unpaired) electrons. The highest BCUT2D eigenvalue weighted by atomic mass is 16.4. The van der Waals surface area contributed by atoms with Gasteiger partial charge in [0.15, 0.2) is 0 Å². The molecule has 0 saturated carbocycles. The second-order valence-corrected chi connectivity index (χ2v) is 7.99. The number of H-pyrrole nitrogens is 1. The fraction of sp³-hybridized carbons (Fsp3) is 0.318. The average molecular weight is 470 g/mol. The Morgan fingerprint density at radius 3 is 2.50 bits per heavy atom. The molecule has 0 saturated heterocycles. The number of nitrogens with one attached hydrogen (secondary N) is 2. The molecule has 2 heterocycles. The molecule has 12 nitrogen and oxygen atoms in total. The van der Waals surface area contributed by atoms with Crippen LogP contribution in [0.4, 0.5) is 11.8 Å². The Morgan fingerprint density at radius 1 is 1.15 bits per heavy atom. The molecule has 1 aromatic carbocycles. The standard InChI is InChI=1S/C22H27N7O5/c1-29(9-8-14-10-25-19-17(14)18(23)27-22(24)28-19)11-12-2-4-13(5-3-12)20(32)26-15(21(33)34)6-7-16(30)31/h2-5,10,15H,6-9,11H2,1H3,(H,26,32)(H,30,31)(H,33,34)(H5,23,24,25,27,28)/t15-/m0/s1. The second kappa shape index (κ2) is 10.6. The van der Waals surface area contributed by atoms with Gasteiger partial charge in [0.2, 0.25) is 5.95 Å². The summed E-state index contributed by atoms with van der Waals surface area (Å²) in [6.45, 7) is 1.35. The molecule has 2 aromatic heterocycles. The second-order valence-electron chi connectivity index (χ2n) is 7.99. The Morgan fingerprint density at radius 2 is 1.85 bits per heavy atom. The van der Waals surface area contributed by atoms with Crippen LogP contribution in [-0.2, 0) is 22.6 Å². The number of carbonyl (C=O) groups is 3. The van der Waals surface area contributed by atoms with Crippen LogP contribution < -0.4 is 16.8 Å². The minimum absolute atomic E-state index is 0.117. The van der Waals surface area contributed by atoms with Crippen LogP contribution >= 0.6 is 0 Å². The molecule has 3 aromatic rings. The highest BCUT2D eigenvalue weighted by Crippen LogP contribution is 2.23. The van der Waals surface area contributed by atoms with Gasteiger partial charge in [0, 0.05) is 31.3 Å². The Bertz CT molecular complexity index is 1190. The molecule has 0 fully saturated rings. The number of nitrogen functional groups attached to an aromatic ring is 2. The molecule has 34 heavy (non-hydrogen) atoms. The number of benzene rings is 1. The summed E-state index contributed by atoms with van der Waals surface area (Å²) >= 11 is 0. The Hall–Kier alpha value is -4.19. The normalized spacial score (nSPS) is 12.1. The van der Waals surface area contributed by atoms with Crippen LogP contribution in [-0.4, -0.2) is 67.5 Å². The van der Waals surface area contributed by atoms with Crippen LogP contribution in [0.2, 0.25) is 0 Å². The topological polar surface area (TPSA) is 201 Å². The Labute approximate surface area is 195 Å². The first kappa shape index (κ1) is 24.5. The zero-order chi connectivity index (χ0) is 24.8. The van der Waals surface area contributed by atoms with Crippen molar-refractivity contribution in [2.45, 2.75) is 31.8 Å². The maximum atomic E-state index is 12.4. The number of nitrogens with two attached hydrogens (primary N) is 2. The first-order valence-electron chi connectivity index (χ1n) is 10.6. The first-order chi connectivity index (χ1) is 16.1. The van der Waals surface area contributed by atoms with Gasteiger partial charge in [-0.15, -0.1) is 0 Å². The Balaban J connectivity index is 1.55. The summed E-state index contributed by atoms with van der Waals surface area (Å²) in [5, 5.41) is 21.1. The predicted octanol–water partition coefficient (Wildman–Crippen LogP) is 0.845. The zero-order valence-electron chi connectivity index (χ0n) is 18.6. The minimum atomic E-state index is -1.28. The average Bonchev–Trinajstić information content (AvgIpc) is 3.18. The van der Waals surface area contributed by atoms with Gasteiger partial charge in [-0.1, -0.05) is 12.1 Å². The SMILES string of the molecule is CN(CCc1c[nH]c2nc(N)nc(N)c12)Cc1ccc(C(=O)N[C@@H](CCC(=O)O)C(=O)O)cc1. The summed E-state index contributed by atoms with van der Waals surface area (Å²) in [5.74, 6) is -2.52. The van der Waals surface area contributed by atoms with Gasteiger partial charge in [0.1, 0.15) is 17.5 Å². The fourth-order valence-electron chi connectivity index (χ4n) is 3.57. The van der Waals surface area contributed by atoms with Gasteiger partial charge in [0.05, 0.1) is 5.39 Å². The number of carboxylic acid groups (broad SMARTS) is 2. The van der Waals surface area contributed by atoms with Crippen LogP contribution in [0.15, 0.2) is 30.5 Å². The third-order valence-electron chi connectivity index (χ3n) is 5.34. The summed E-state index contributed by atoms with van der Waals surface area (Å²) in [7, 11) is 1.97. The molecular formula is C22H27N7O5. The number of hydrogen-bond donors (Lipinski definition) is 6. The molecule has 180 valence electrons. The van der Waals surface area contributed by atoms with Crippen LogP contribution in [0.5, 0.6) is 0 Å². The van der Waals surface area contributed by atoms with E-state index in [0.29, 0.717) is 30.0 Å². The van der Waals surface area contributed by atoms with E-state index in [1.54, 1.807) is 24.3 Å². The number of anilines is 2. The van der Waals surface area contributed by atoms with Crippen molar-refractivity contribution in [3.05, 3.63) is 47.2 Å². The number of fused-ring (bicyclic) bond motifs is 1. The minimum Gasteiger partial charge on any atom is -0.481 e. The molecular weight excluding hydrogens is 442 g/mol. The van der Waals surface area contributed by atoms with E-state index < -0.39 is 23.9 Å². The van der Waals surface area contributed by atoms with Crippen LogP contribution in [0.3, 0.4) is 0 Å². The zero-order valence-corrected chi connectivity index (χ0v) is 18.6. The van der Waals surface area contributed by atoms with Crippen molar-refractivity contribution in [1.29, 1.82) is 0 Å². The summed E-state index contributed by atoms with van der Waals surface area (Å²) < 4.78 is 0. The highest BCUT2D eigenvalue weighted by Gasteiger charge is 2.21. The lowest BCUT2D eigenvalue weighted by Gasteiger charge is -2.17. The fourth-order valence-corrected chi connectivity index (χ4v) is 3.57. The van der Waals surface area contributed by atoms with E-state index in [9.17, 15) is 19.5 Å². The van der Waals surface area contributed by atoms with E-state index >= 15 is 0 Å². The number of aromatic amines is 1. The largest absolute Gasteiger partial charge is 0.481 e. The molecule has 0 bridgehead atoms. The van der Waals surface area contributed by atoms with Crippen molar-refractivity contribution < 1.29 is 24.6 Å². The third-order valence-corrected chi connectivity index (χ3v) is 5.34. The molecule has 0 aliphatic heterocycles. The van der Waals surface area contributed by atoms with Gasteiger partial charge < -0.3 is 36.9 Å². The quantitative estimate of drug-likeness (QED) is 0.234. The molecule has 0 spiro atoms. The number of likely N-dealkylation sites (N-methyl/N-ethyl adjacent to an activating group) is 1. The summed E-state index contributed by atoms with van der Waals surface area (Å²) in [5.41, 5.74) is 14.5. The molecule has 0 unspecified atom stereocenters. The van der Waals surface area contributed by atoms with E-state index in [1.165, 1.54) is 0 Å². The predicted molar refractivity (Wildman–Crippen MR) is 125 cm³/mol. The lowest BCUT2D eigenvalue weighted by molar-refractivity contribution is -0.140. The number of hydrogen-bond acceptors (Lipinski definition) is 8. The number of amides is 1. The van der Waals surface area contributed by atoms with Gasteiger partial charge in [-0.3, -0.25) is 9.59 Å². The number of carboxylic acids is 2. The van der Waals surface area contributed by atoms with E-state index in [4.69, 9.17) is 16.6 Å². The van der Waals surface area contributed by atoms with Crippen LogP contribution in [0.25, 0.3) is 11.0 Å². The molecule has 0 aliphatic carbocycles. The lowest BCUT2D eigenvalue weighted by Crippen LogP contribution is -2.41. The maximum Gasteiger partial charge on any atom is 0.326 e. The number of rotatable bonds is 11. The smallest absolute Gasteiger partial charge is 0.326 e. The van der Waals surface area contributed by atoms with Gasteiger partial charge in [-0.25, -0.2) is 4.79 Å². The summed E-state index contributed by atoms with van der Waals surface area (Å²) in [6.07, 6.45) is 2.01. The van der Waals surface area contributed by atoms with Crippen molar-refractivity contribution in [3.8, 4) is 0 Å². The van der Waals surface area contributed by atoms with E-state index in [-0.39, 0.29) is 18.8 Å². The van der Waals surface area contributed by atoms with Crippen molar-refractivity contribution in [2.24, 2.45) is 0 Å². The lowest BCUT2D eigenvalue weighted by atomic mass is 10.1. The van der Waals surface area contributed by atoms with E-state index in [2.05, 4.69) is 25.2 Å². The van der Waals surface area contributed by atoms with Gasteiger partial charge in [-0.05, 0) is 43.1 Å². The number of aliphatic carboxylic acids is 2. The van der Waals surface area contributed by atoms with Gasteiger partial charge in [-0.2, -0.15) is 9.97 Å². The van der Waals surface area contributed by atoms with Crippen molar-refractivity contribution >= 4 is 40.6 Å². The first-order valence-corrected chi connectivity index (χ1v) is 10.6. The van der Waals surface area contributed by atoms with Crippen LogP contribution in [0.1, 0.15) is 34.3 Å². The monoisotopic (exact) mass is 469 g/mol. The molecule has 1 atom stereocenters.